The summed E-state index contributed by atoms with van der Waals surface area (Å²) in [5, 5.41) is 2.49. The fourth-order valence-electron chi connectivity index (χ4n) is 6.63. The number of carbonyl (C=O) groups excluding carboxylic acids is 1. The third-order valence-electron chi connectivity index (χ3n) is 8.77. The number of likely N-dealkylation sites (tertiary alicyclic amines) is 1. The van der Waals surface area contributed by atoms with E-state index in [0.717, 1.165) is 57.3 Å². The topological polar surface area (TPSA) is 39.4 Å². The van der Waals surface area contributed by atoms with Gasteiger partial charge in [0.1, 0.15) is 5.82 Å². The highest BCUT2D eigenvalue weighted by Crippen LogP contribution is 2.29. The van der Waals surface area contributed by atoms with E-state index < -0.39 is 0 Å². The summed E-state index contributed by atoms with van der Waals surface area (Å²) in [4.78, 5) is 14.3. The summed E-state index contributed by atoms with van der Waals surface area (Å²) in [7, 11) is 2.22. The van der Waals surface area contributed by atoms with Crippen molar-refractivity contribution < 1.29 is 13.9 Å². The third-order valence-corrected chi connectivity index (χ3v) is 8.77. The fraction of sp³-hybridized carbons (Fsp3) is 0.514. The average molecular weight is 560 g/mol. The van der Waals surface area contributed by atoms with Gasteiger partial charge in [-0.3, -0.25) is 4.79 Å². The molecule has 0 bridgehead atoms. The summed E-state index contributed by atoms with van der Waals surface area (Å²) < 4.78 is 24.2. The predicted octanol–water partition coefficient (Wildman–Crippen LogP) is 7.76. The number of benzene rings is 2. The van der Waals surface area contributed by atoms with E-state index in [9.17, 15) is 9.18 Å². The van der Waals surface area contributed by atoms with E-state index in [1.807, 2.05) is 19.9 Å². The van der Waals surface area contributed by atoms with E-state index in [0.29, 0.717) is 18.4 Å². The lowest BCUT2D eigenvalue weighted by molar-refractivity contribution is -0.147. The van der Waals surface area contributed by atoms with Gasteiger partial charge >= 0.3 is 5.97 Å². The minimum absolute atomic E-state index is 0.0443. The van der Waals surface area contributed by atoms with Crippen LogP contribution in [-0.2, 0) is 35.5 Å². The second-order valence-corrected chi connectivity index (χ2v) is 12.4. The molecule has 220 valence electrons. The van der Waals surface area contributed by atoms with Crippen molar-refractivity contribution in [2.24, 2.45) is 5.92 Å². The van der Waals surface area contributed by atoms with Crippen LogP contribution in [0, 0.1) is 11.7 Å². The van der Waals surface area contributed by atoms with Crippen molar-refractivity contribution in [1.29, 1.82) is 0 Å². The second-order valence-electron chi connectivity index (χ2n) is 12.4. The van der Waals surface area contributed by atoms with Crippen LogP contribution in [0.5, 0.6) is 0 Å². The van der Waals surface area contributed by atoms with Crippen LogP contribution in [0.4, 0.5) is 4.39 Å². The first-order valence-electron chi connectivity index (χ1n) is 15.5. The van der Waals surface area contributed by atoms with Gasteiger partial charge in [0, 0.05) is 54.2 Å². The monoisotopic (exact) mass is 559 g/mol. The molecule has 41 heavy (non-hydrogen) atoms. The van der Waals surface area contributed by atoms with Gasteiger partial charge in [-0.2, -0.15) is 0 Å². The predicted molar refractivity (Wildman–Crippen MR) is 166 cm³/mol. The van der Waals surface area contributed by atoms with Gasteiger partial charge in [0.05, 0.1) is 11.6 Å². The number of hydrogen-bond donors (Lipinski definition) is 0. The van der Waals surface area contributed by atoms with Crippen molar-refractivity contribution in [2.75, 3.05) is 13.6 Å². The van der Waals surface area contributed by atoms with Crippen molar-refractivity contribution in [3.63, 3.8) is 0 Å². The van der Waals surface area contributed by atoms with E-state index >= 15 is 0 Å². The van der Waals surface area contributed by atoms with Gasteiger partial charge in [-0.05, 0) is 101 Å². The standard InChI is InChI=1S/C35H46FN3O2/c1-25(2)41-35(40)14-8-5-10-26(3)20-27-23-38(33-13-7-6-12-31(27)33)18-19-39-24-28(21-30-11-9-17-37(30)4)32-16-15-29(36)22-34(32)39/h6-7,12-13,15-16,22-26,30H,5,8-11,14,17-21H2,1-4H3. The molecule has 2 aromatic heterocycles. The van der Waals surface area contributed by atoms with Crippen molar-refractivity contribution >= 4 is 27.8 Å². The molecule has 2 aromatic carbocycles. The SMILES string of the molecule is CC(CCCCC(=O)OC(C)C)Cc1cn(CCn2cc(CC3CCCN3C)c3ccc(F)cc32)c2ccccc12. The van der Waals surface area contributed by atoms with Gasteiger partial charge in [-0.1, -0.05) is 38.0 Å². The second kappa shape index (κ2) is 13.2. The number of ether oxygens (including phenoxy) is 1. The molecule has 1 aliphatic heterocycles. The molecule has 1 aliphatic rings. The molecular formula is C35H46FN3O2. The fourth-order valence-corrected chi connectivity index (χ4v) is 6.63. The number of aromatic nitrogens is 2. The highest BCUT2D eigenvalue weighted by Gasteiger charge is 2.23. The maximum absolute atomic E-state index is 14.3. The van der Waals surface area contributed by atoms with Crippen LogP contribution in [0.1, 0.15) is 70.4 Å². The minimum atomic E-state index is -0.180. The van der Waals surface area contributed by atoms with E-state index in [2.05, 4.69) is 64.7 Å². The zero-order valence-corrected chi connectivity index (χ0v) is 25.2. The Kier molecular flexibility index (Phi) is 9.49. The van der Waals surface area contributed by atoms with E-state index in [1.165, 1.54) is 40.3 Å². The molecule has 0 amide bonds. The number of nitrogens with zero attached hydrogens (tertiary/aromatic N) is 3. The normalized spacial score (nSPS) is 16.8. The molecule has 6 heteroatoms. The third kappa shape index (κ3) is 7.21. The van der Waals surface area contributed by atoms with Crippen molar-refractivity contribution in [3.05, 3.63) is 71.8 Å². The summed E-state index contributed by atoms with van der Waals surface area (Å²) in [6, 6.07) is 14.5. The van der Waals surface area contributed by atoms with Crippen LogP contribution in [0.3, 0.4) is 0 Å². The lowest BCUT2D eigenvalue weighted by Gasteiger charge is -2.18. The Labute approximate surface area is 244 Å². The van der Waals surface area contributed by atoms with Crippen molar-refractivity contribution in [1.82, 2.24) is 14.0 Å². The molecule has 3 heterocycles. The number of hydrogen-bond acceptors (Lipinski definition) is 3. The molecule has 2 unspecified atom stereocenters. The number of rotatable bonds is 13. The molecule has 2 atom stereocenters. The number of halogens is 1. The Balaban J connectivity index is 1.26. The molecule has 0 N–H and O–H groups in total. The van der Waals surface area contributed by atoms with Gasteiger partial charge < -0.3 is 18.8 Å². The Morgan fingerprint density at radius 3 is 2.46 bits per heavy atom. The molecule has 5 rings (SSSR count). The maximum Gasteiger partial charge on any atom is 0.306 e. The van der Waals surface area contributed by atoms with Gasteiger partial charge in [0.25, 0.3) is 0 Å². The Hall–Kier alpha value is -3.12. The number of fused-ring (bicyclic) bond motifs is 2. The lowest BCUT2D eigenvalue weighted by Crippen LogP contribution is -2.26. The highest BCUT2D eigenvalue weighted by molar-refractivity contribution is 5.85. The zero-order chi connectivity index (χ0) is 28.9. The van der Waals surface area contributed by atoms with Gasteiger partial charge in [0.15, 0.2) is 0 Å². The molecule has 5 nitrogen and oxygen atoms in total. The summed E-state index contributed by atoms with van der Waals surface area (Å²) >= 11 is 0. The summed E-state index contributed by atoms with van der Waals surface area (Å²) in [6.07, 6.45) is 12.6. The molecule has 0 aliphatic carbocycles. The first kappa shape index (κ1) is 29.4. The molecule has 0 saturated carbocycles. The maximum atomic E-state index is 14.3. The van der Waals surface area contributed by atoms with Crippen LogP contribution < -0.4 is 0 Å². The smallest absolute Gasteiger partial charge is 0.306 e. The Morgan fingerprint density at radius 2 is 1.71 bits per heavy atom. The number of para-hydroxylation sites is 1. The molecular weight excluding hydrogens is 513 g/mol. The number of aryl methyl sites for hydroxylation is 2. The summed E-state index contributed by atoms with van der Waals surface area (Å²) in [5.41, 5.74) is 4.94. The van der Waals surface area contributed by atoms with E-state index in [-0.39, 0.29) is 17.9 Å². The van der Waals surface area contributed by atoms with Crippen LogP contribution in [0.2, 0.25) is 0 Å². The number of likely N-dealkylation sites (N-methyl/N-ethyl adjacent to an activating group) is 1. The molecule has 0 spiro atoms. The summed E-state index contributed by atoms with van der Waals surface area (Å²) in [5.74, 6) is 0.260. The number of esters is 1. The van der Waals surface area contributed by atoms with Crippen molar-refractivity contribution in [2.45, 2.75) is 97.4 Å². The number of unbranched alkanes of at least 4 members (excludes halogenated alkanes) is 1. The Morgan fingerprint density at radius 1 is 0.976 bits per heavy atom. The van der Waals surface area contributed by atoms with Crippen LogP contribution >= 0.6 is 0 Å². The highest BCUT2D eigenvalue weighted by atomic mass is 19.1. The average Bonchev–Trinajstić information content (AvgIpc) is 3.61. The molecule has 0 radical (unpaired) electrons. The van der Waals surface area contributed by atoms with Crippen LogP contribution in [0.15, 0.2) is 54.9 Å². The zero-order valence-electron chi connectivity index (χ0n) is 25.2. The van der Waals surface area contributed by atoms with Crippen LogP contribution in [0.25, 0.3) is 21.8 Å². The Bertz CT molecular complexity index is 1470. The molecule has 4 aromatic rings. The first-order chi connectivity index (χ1) is 19.8. The first-order valence-corrected chi connectivity index (χ1v) is 15.5. The minimum Gasteiger partial charge on any atom is -0.463 e. The van der Waals surface area contributed by atoms with E-state index in [1.54, 1.807) is 12.1 Å². The summed E-state index contributed by atoms with van der Waals surface area (Å²) in [6.45, 7) is 8.88. The lowest BCUT2D eigenvalue weighted by atomic mass is 9.95. The van der Waals surface area contributed by atoms with Crippen LogP contribution in [-0.4, -0.2) is 45.7 Å². The van der Waals surface area contributed by atoms with Gasteiger partial charge in [-0.25, -0.2) is 4.39 Å². The quantitative estimate of drug-likeness (QED) is 0.124. The van der Waals surface area contributed by atoms with E-state index in [4.69, 9.17) is 4.74 Å². The molecule has 1 saturated heterocycles. The number of carbonyl (C=O) groups is 1. The van der Waals surface area contributed by atoms with Gasteiger partial charge in [0.2, 0.25) is 0 Å². The largest absolute Gasteiger partial charge is 0.463 e. The molecule has 1 fully saturated rings. The van der Waals surface area contributed by atoms with Crippen molar-refractivity contribution in [3.8, 4) is 0 Å². The van der Waals surface area contributed by atoms with Gasteiger partial charge in [-0.15, -0.1) is 0 Å².